The molecule has 24 heavy (non-hydrogen) atoms. The summed E-state index contributed by atoms with van der Waals surface area (Å²) in [6.07, 6.45) is 2.47. The molecule has 0 fully saturated rings. The molecule has 0 spiro atoms. The third-order valence-corrected chi connectivity index (χ3v) is 3.35. The van der Waals surface area contributed by atoms with Crippen molar-refractivity contribution in [3.05, 3.63) is 53.6 Å². The van der Waals surface area contributed by atoms with Gasteiger partial charge in [-0.15, -0.1) is 0 Å². The average Bonchev–Trinajstić information content (AvgIpc) is 2.58. The number of nitrogens with one attached hydrogen (secondary N) is 2. The Kier molecular flexibility index (Phi) is 6.62. The SMILES string of the molecule is CN(C)CCCNc1nccc(C(=O)NCc2ccccc2F)n1. The van der Waals surface area contributed by atoms with Gasteiger partial charge in [-0.05, 0) is 39.2 Å². The average molecular weight is 331 g/mol. The number of hydrogen-bond donors (Lipinski definition) is 2. The summed E-state index contributed by atoms with van der Waals surface area (Å²) in [5.74, 6) is -0.298. The molecule has 2 N–H and O–H groups in total. The molecule has 0 aliphatic carbocycles. The summed E-state index contributed by atoms with van der Waals surface area (Å²) in [7, 11) is 4.02. The second kappa shape index (κ2) is 8.93. The Morgan fingerprint density at radius 3 is 2.79 bits per heavy atom. The minimum Gasteiger partial charge on any atom is -0.354 e. The maximum atomic E-state index is 13.5. The van der Waals surface area contributed by atoms with Gasteiger partial charge in [0, 0.05) is 24.8 Å². The molecule has 1 heterocycles. The number of hydrogen-bond acceptors (Lipinski definition) is 5. The molecule has 0 aliphatic heterocycles. The molecule has 0 unspecified atom stereocenters. The van der Waals surface area contributed by atoms with Crippen LogP contribution in [0.5, 0.6) is 0 Å². The number of rotatable bonds is 8. The predicted molar refractivity (Wildman–Crippen MR) is 91.3 cm³/mol. The normalized spacial score (nSPS) is 10.7. The fourth-order valence-electron chi connectivity index (χ4n) is 2.07. The summed E-state index contributed by atoms with van der Waals surface area (Å²) in [6, 6.07) is 7.86. The van der Waals surface area contributed by atoms with Crippen molar-refractivity contribution in [2.45, 2.75) is 13.0 Å². The van der Waals surface area contributed by atoms with Crippen molar-refractivity contribution in [2.24, 2.45) is 0 Å². The number of carbonyl (C=O) groups excluding carboxylic acids is 1. The van der Waals surface area contributed by atoms with Gasteiger partial charge in [0.1, 0.15) is 11.5 Å². The van der Waals surface area contributed by atoms with Gasteiger partial charge in [0.25, 0.3) is 5.91 Å². The van der Waals surface area contributed by atoms with Gasteiger partial charge in [0.15, 0.2) is 0 Å². The summed E-state index contributed by atoms with van der Waals surface area (Å²) >= 11 is 0. The maximum Gasteiger partial charge on any atom is 0.270 e. The molecular formula is C17H22FN5O. The van der Waals surface area contributed by atoms with E-state index in [1.165, 1.54) is 18.3 Å². The van der Waals surface area contributed by atoms with Crippen LogP contribution in [0, 0.1) is 5.82 Å². The topological polar surface area (TPSA) is 70.2 Å². The summed E-state index contributed by atoms with van der Waals surface area (Å²) in [5, 5.41) is 5.75. The van der Waals surface area contributed by atoms with Gasteiger partial charge in [0.05, 0.1) is 0 Å². The smallest absolute Gasteiger partial charge is 0.270 e. The molecule has 0 atom stereocenters. The predicted octanol–water partition coefficient (Wildman–Crippen LogP) is 1.91. The molecule has 7 heteroatoms. The van der Waals surface area contributed by atoms with Crippen LogP contribution in [0.3, 0.4) is 0 Å². The first-order valence-electron chi connectivity index (χ1n) is 7.79. The third-order valence-electron chi connectivity index (χ3n) is 3.35. The van der Waals surface area contributed by atoms with Crippen LogP contribution < -0.4 is 10.6 Å². The van der Waals surface area contributed by atoms with Crippen LogP contribution in [0.1, 0.15) is 22.5 Å². The second-order valence-electron chi connectivity index (χ2n) is 5.62. The Morgan fingerprint density at radius 2 is 2.04 bits per heavy atom. The van der Waals surface area contributed by atoms with E-state index in [2.05, 4.69) is 25.5 Å². The Bertz CT molecular complexity index is 678. The van der Waals surface area contributed by atoms with Crippen LogP contribution >= 0.6 is 0 Å². The molecule has 0 radical (unpaired) electrons. The van der Waals surface area contributed by atoms with E-state index >= 15 is 0 Å². The third kappa shape index (κ3) is 5.58. The highest BCUT2D eigenvalue weighted by Gasteiger charge is 2.09. The first-order valence-corrected chi connectivity index (χ1v) is 7.79. The van der Waals surface area contributed by atoms with Gasteiger partial charge in [0.2, 0.25) is 5.95 Å². The molecule has 1 amide bonds. The number of halogens is 1. The van der Waals surface area contributed by atoms with Crippen molar-refractivity contribution in [1.82, 2.24) is 20.2 Å². The lowest BCUT2D eigenvalue weighted by atomic mass is 10.2. The zero-order valence-corrected chi connectivity index (χ0v) is 13.9. The quantitative estimate of drug-likeness (QED) is 0.723. The molecule has 0 saturated carbocycles. The summed E-state index contributed by atoms with van der Waals surface area (Å²) in [4.78, 5) is 22.5. The van der Waals surface area contributed by atoms with Crippen molar-refractivity contribution in [3.8, 4) is 0 Å². The number of anilines is 1. The molecule has 1 aromatic heterocycles. The lowest BCUT2D eigenvalue weighted by Crippen LogP contribution is -2.25. The second-order valence-corrected chi connectivity index (χ2v) is 5.62. The van der Waals surface area contributed by atoms with Crippen LogP contribution in [-0.4, -0.2) is 48.0 Å². The minimum absolute atomic E-state index is 0.112. The van der Waals surface area contributed by atoms with Gasteiger partial charge in [-0.3, -0.25) is 4.79 Å². The summed E-state index contributed by atoms with van der Waals surface area (Å²) in [5.41, 5.74) is 0.679. The molecule has 2 rings (SSSR count). The maximum absolute atomic E-state index is 13.5. The van der Waals surface area contributed by atoms with Gasteiger partial charge in [-0.1, -0.05) is 18.2 Å². The molecule has 0 saturated heterocycles. The fraction of sp³-hybridized carbons (Fsp3) is 0.353. The highest BCUT2D eigenvalue weighted by molar-refractivity contribution is 5.92. The number of aromatic nitrogens is 2. The van der Waals surface area contributed by atoms with Gasteiger partial charge in [-0.25, -0.2) is 14.4 Å². The first kappa shape index (κ1) is 17.8. The monoisotopic (exact) mass is 331 g/mol. The van der Waals surface area contributed by atoms with Crippen molar-refractivity contribution >= 4 is 11.9 Å². The van der Waals surface area contributed by atoms with Crippen molar-refractivity contribution < 1.29 is 9.18 Å². The summed E-state index contributed by atoms with van der Waals surface area (Å²) in [6.45, 7) is 1.79. The first-order chi connectivity index (χ1) is 11.6. The van der Waals surface area contributed by atoms with E-state index in [1.807, 2.05) is 14.1 Å². The van der Waals surface area contributed by atoms with Crippen molar-refractivity contribution in [1.29, 1.82) is 0 Å². The number of carbonyl (C=O) groups is 1. The molecule has 6 nitrogen and oxygen atoms in total. The molecule has 0 aliphatic rings. The minimum atomic E-state index is -0.364. The summed E-state index contributed by atoms with van der Waals surface area (Å²) < 4.78 is 13.5. The highest BCUT2D eigenvalue weighted by Crippen LogP contribution is 2.06. The zero-order valence-electron chi connectivity index (χ0n) is 13.9. The van der Waals surface area contributed by atoms with Gasteiger partial charge in [-0.2, -0.15) is 0 Å². The van der Waals surface area contributed by atoms with Crippen LogP contribution in [0.2, 0.25) is 0 Å². The molecule has 0 bridgehead atoms. The van der Waals surface area contributed by atoms with E-state index in [9.17, 15) is 9.18 Å². The molecular weight excluding hydrogens is 309 g/mol. The fourth-order valence-corrected chi connectivity index (χ4v) is 2.07. The van der Waals surface area contributed by atoms with Crippen molar-refractivity contribution in [2.75, 3.05) is 32.5 Å². The zero-order chi connectivity index (χ0) is 17.4. The molecule has 2 aromatic rings. The van der Waals surface area contributed by atoms with E-state index < -0.39 is 0 Å². The van der Waals surface area contributed by atoms with E-state index in [0.717, 1.165) is 19.5 Å². The van der Waals surface area contributed by atoms with E-state index in [1.54, 1.807) is 18.2 Å². The molecule has 128 valence electrons. The standard InChI is InChI=1S/C17H22FN5O/c1-23(2)11-5-9-19-17-20-10-8-15(22-17)16(24)21-12-13-6-3-4-7-14(13)18/h3-4,6-8,10H,5,9,11-12H2,1-2H3,(H,21,24)(H,19,20,22). The van der Waals surface area contributed by atoms with Crippen LogP contribution in [-0.2, 0) is 6.54 Å². The lowest BCUT2D eigenvalue weighted by molar-refractivity contribution is 0.0945. The van der Waals surface area contributed by atoms with E-state index in [4.69, 9.17) is 0 Å². The van der Waals surface area contributed by atoms with Gasteiger partial charge >= 0.3 is 0 Å². The lowest BCUT2D eigenvalue weighted by Gasteiger charge is -2.10. The largest absolute Gasteiger partial charge is 0.354 e. The van der Waals surface area contributed by atoms with E-state index in [0.29, 0.717) is 11.5 Å². The van der Waals surface area contributed by atoms with E-state index in [-0.39, 0.29) is 24.0 Å². The van der Waals surface area contributed by atoms with Crippen LogP contribution in [0.15, 0.2) is 36.5 Å². The number of amides is 1. The Hall–Kier alpha value is -2.54. The van der Waals surface area contributed by atoms with Crippen molar-refractivity contribution in [3.63, 3.8) is 0 Å². The number of nitrogens with zero attached hydrogens (tertiary/aromatic N) is 3. The Labute approximate surface area is 141 Å². The Balaban J connectivity index is 1.88. The highest BCUT2D eigenvalue weighted by atomic mass is 19.1. The van der Waals surface area contributed by atoms with Crippen LogP contribution in [0.4, 0.5) is 10.3 Å². The Morgan fingerprint density at radius 1 is 1.25 bits per heavy atom. The van der Waals surface area contributed by atoms with Gasteiger partial charge < -0.3 is 15.5 Å². The van der Waals surface area contributed by atoms with Crippen LogP contribution in [0.25, 0.3) is 0 Å². The number of benzene rings is 1. The molecule has 1 aromatic carbocycles.